The monoisotopic (exact) mass is 208 g/mol. The first-order chi connectivity index (χ1) is 7.27. The van der Waals surface area contributed by atoms with E-state index in [0.29, 0.717) is 23.3 Å². The van der Waals surface area contributed by atoms with E-state index in [1.54, 1.807) is 0 Å². The molecule has 0 aromatic carbocycles. The third-order valence-corrected chi connectivity index (χ3v) is 4.38. The SMILES string of the molecule is CCN(C(=O)C1CC12CCNC2)C1CC1. The van der Waals surface area contributed by atoms with Gasteiger partial charge in [-0.05, 0) is 44.6 Å². The molecule has 3 heteroatoms. The van der Waals surface area contributed by atoms with Crippen molar-refractivity contribution in [3.63, 3.8) is 0 Å². The average Bonchev–Trinajstić information content (AvgIpc) is 3.08. The second-order valence-corrected chi connectivity index (χ2v) is 5.40. The summed E-state index contributed by atoms with van der Waals surface area (Å²) in [4.78, 5) is 14.4. The second kappa shape index (κ2) is 3.21. The minimum Gasteiger partial charge on any atom is -0.340 e. The number of nitrogens with one attached hydrogen (secondary N) is 1. The zero-order valence-electron chi connectivity index (χ0n) is 9.46. The van der Waals surface area contributed by atoms with Crippen LogP contribution in [0.5, 0.6) is 0 Å². The molecule has 1 spiro atoms. The summed E-state index contributed by atoms with van der Waals surface area (Å²) in [6, 6.07) is 0.592. The Labute approximate surface area is 91.2 Å². The Bertz CT molecular complexity index is 279. The molecule has 0 radical (unpaired) electrons. The van der Waals surface area contributed by atoms with Crippen molar-refractivity contribution in [3.05, 3.63) is 0 Å². The van der Waals surface area contributed by atoms with Crippen LogP contribution in [0.4, 0.5) is 0 Å². The van der Waals surface area contributed by atoms with Crippen molar-refractivity contribution < 1.29 is 4.79 Å². The lowest BCUT2D eigenvalue weighted by atomic mass is 10.0. The Kier molecular flexibility index (Phi) is 2.06. The van der Waals surface area contributed by atoms with Crippen LogP contribution in [0.3, 0.4) is 0 Å². The van der Waals surface area contributed by atoms with Crippen LogP contribution in [0.15, 0.2) is 0 Å². The fraction of sp³-hybridized carbons (Fsp3) is 0.917. The molecule has 1 N–H and O–H groups in total. The Morgan fingerprint density at radius 3 is 2.87 bits per heavy atom. The first-order valence-corrected chi connectivity index (χ1v) is 6.28. The predicted octanol–water partition coefficient (Wildman–Crippen LogP) is 0.997. The summed E-state index contributed by atoms with van der Waals surface area (Å²) in [5.41, 5.74) is 0.374. The topological polar surface area (TPSA) is 32.3 Å². The lowest BCUT2D eigenvalue weighted by Gasteiger charge is -2.21. The molecule has 3 aliphatic rings. The highest BCUT2D eigenvalue weighted by Crippen LogP contribution is 2.57. The predicted molar refractivity (Wildman–Crippen MR) is 58.4 cm³/mol. The van der Waals surface area contributed by atoms with Gasteiger partial charge in [-0.15, -0.1) is 0 Å². The average molecular weight is 208 g/mol. The van der Waals surface area contributed by atoms with Gasteiger partial charge in [-0.1, -0.05) is 0 Å². The second-order valence-electron chi connectivity index (χ2n) is 5.40. The summed E-state index contributed by atoms with van der Waals surface area (Å²) in [6.45, 7) is 5.20. The molecule has 0 bridgehead atoms. The molecule has 84 valence electrons. The van der Waals surface area contributed by atoms with E-state index in [4.69, 9.17) is 0 Å². The minimum absolute atomic E-state index is 0.355. The summed E-state index contributed by atoms with van der Waals surface area (Å²) >= 11 is 0. The lowest BCUT2D eigenvalue weighted by Crippen LogP contribution is -2.35. The van der Waals surface area contributed by atoms with Gasteiger partial charge in [0.15, 0.2) is 0 Å². The molecule has 3 fully saturated rings. The molecule has 0 aromatic heterocycles. The molecule has 3 rings (SSSR count). The van der Waals surface area contributed by atoms with Gasteiger partial charge in [0.25, 0.3) is 0 Å². The molecule has 2 unspecified atom stereocenters. The largest absolute Gasteiger partial charge is 0.340 e. The van der Waals surface area contributed by atoms with E-state index in [2.05, 4.69) is 17.1 Å². The van der Waals surface area contributed by atoms with E-state index < -0.39 is 0 Å². The van der Waals surface area contributed by atoms with Crippen molar-refractivity contribution in [1.82, 2.24) is 10.2 Å². The van der Waals surface area contributed by atoms with Crippen molar-refractivity contribution in [3.8, 4) is 0 Å². The fourth-order valence-corrected chi connectivity index (χ4v) is 3.11. The first-order valence-electron chi connectivity index (χ1n) is 6.28. The van der Waals surface area contributed by atoms with E-state index >= 15 is 0 Å². The lowest BCUT2D eigenvalue weighted by molar-refractivity contribution is -0.133. The normalized spacial score (nSPS) is 38.3. The van der Waals surface area contributed by atoms with E-state index in [0.717, 1.165) is 26.1 Å². The zero-order chi connectivity index (χ0) is 10.5. The quantitative estimate of drug-likeness (QED) is 0.750. The molecular formula is C12H20N2O. The number of carbonyl (C=O) groups excluding carboxylic acids is 1. The van der Waals surface area contributed by atoms with E-state index in [9.17, 15) is 4.79 Å². The van der Waals surface area contributed by atoms with E-state index in [1.165, 1.54) is 19.3 Å². The molecule has 2 aliphatic carbocycles. The Morgan fingerprint density at radius 1 is 1.53 bits per heavy atom. The Morgan fingerprint density at radius 2 is 2.33 bits per heavy atom. The third kappa shape index (κ3) is 1.48. The third-order valence-electron chi connectivity index (χ3n) is 4.38. The highest BCUT2D eigenvalue weighted by Gasteiger charge is 2.60. The number of amides is 1. The molecule has 3 nitrogen and oxygen atoms in total. The summed E-state index contributed by atoms with van der Waals surface area (Å²) < 4.78 is 0. The van der Waals surface area contributed by atoms with Crippen LogP contribution >= 0.6 is 0 Å². The summed E-state index contributed by atoms with van der Waals surface area (Å²) in [7, 11) is 0. The molecule has 1 aliphatic heterocycles. The van der Waals surface area contributed by atoms with Gasteiger partial charge in [0.1, 0.15) is 0 Å². The standard InChI is InChI=1S/C12H20N2O/c1-2-14(9-3-4-9)11(15)10-7-12(10)5-6-13-8-12/h9-10,13H,2-8H2,1H3. The van der Waals surface area contributed by atoms with Gasteiger partial charge in [0.05, 0.1) is 0 Å². The maximum Gasteiger partial charge on any atom is 0.226 e. The number of carbonyl (C=O) groups is 1. The van der Waals surface area contributed by atoms with Crippen molar-refractivity contribution in [2.24, 2.45) is 11.3 Å². The number of nitrogens with zero attached hydrogens (tertiary/aromatic N) is 1. The molecule has 0 aromatic rings. The van der Waals surface area contributed by atoms with Crippen LogP contribution in [0.2, 0.25) is 0 Å². The van der Waals surface area contributed by atoms with Crippen LogP contribution in [-0.4, -0.2) is 36.5 Å². The smallest absolute Gasteiger partial charge is 0.226 e. The summed E-state index contributed by atoms with van der Waals surface area (Å²) in [5.74, 6) is 0.803. The minimum atomic E-state index is 0.355. The number of hydrogen-bond donors (Lipinski definition) is 1. The van der Waals surface area contributed by atoms with E-state index in [-0.39, 0.29) is 0 Å². The van der Waals surface area contributed by atoms with E-state index in [1.807, 2.05) is 0 Å². The summed E-state index contributed by atoms with van der Waals surface area (Å²) in [5, 5.41) is 3.39. The van der Waals surface area contributed by atoms with Gasteiger partial charge < -0.3 is 10.2 Å². The molecule has 2 saturated carbocycles. The van der Waals surface area contributed by atoms with Gasteiger partial charge >= 0.3 is 0 Å². The van der Waals surface area contributed by atoms with Crippen LogP contribution in [0.1, 0.15) is 32.6 Å². The van der Waals surface area contributed by atoms with Crippen LogP contribution in [0.25, 0.3) is 0 Å². The zero-order valence-corrected chi connectivity index (χ0v) is 9.46. The molecule has 15 heavy (non-hydrogen) atoms. The molecule has 2 atom stereocenters. The first kappa shape index (κ1) is 9.64. The maximum absolute atomic E-state index is 12.3. The molecule has 1 saturated heterocycles. The van der Waals surface area contributed by atoms with Crippen molar-refractivity contribution in [2.45, 2.75) is 38.6 Å². The van der Waals surface area contributed by atoms with Gasteiger partial charge in [-0.3, -0.25) is 4.79 Å². The highest BCUT2D eigenvalue weighted by molar-refractivity contribution is 5.83. The maximum atomic E-state index is 12.3. The molecular weight excluding hydrogens is 188 g/mol. The highest BCUT2D eigenvalue weighted by atomic mass is 16.2. The van der Waals surface area contributed by atoms with Crippen LogP contribution < -0.4 is 5.32 Å². The fourth-order valence-electron chi connectivity index (χ4n) is 3.11. The van der Waals surface area contributed by atoms with Gasteiger partial charge in [0.2, 0.25) is 5.91 Å². The molecule has 1 heterocycles. The molecule has 1 amide bonds. The van der Waals surface area contributed by atoms with Crippen molar-refractivity contribution >= 4 is 5.91 Å². The van der Waals surface area contributed by atoms with Crippen molar-refractivity contribution in [1.29, 1.82) is 0 Å². The van der Waals surface area contributed by atoms with Gasteiger partial charge in [0, 0.05) is 25.0 Å². The van der Waals surface area contributed by atoms with Crippen LogP contribution in [0, 0.1) is 11.3 Å². The van der Waals surface area contributed by atoms with Crippen LogP contribution in [-0.2, 0) is 4.79 Å². The van der Waals surface area contributed by atoms with Gasteiger partial charge in [-0.25, -0.2) is 0 Å². The van der Waals surface area contributed by atoms with Gasteiger partial charge in [-0.2, -0.15) is 0 Å². The summed E-state index contributed by atoms with van der Waals surface area (Å²) in [6.07, 6.45) is 4.82. The number of hydrogen-bond acceptors (Lipinski definition) is 2. The number of rotatable bonds is 3. The van der Waals surface area contributed by atoms with Crippen molar-refractivity contribution in [2.75, 3.05) is 19.6 Å². The Hall–Kier alpha value is -0.570. The Balaban J connectivity index is 1.65.